The fourth-order valence-corrected chi connectivity index (χ4v) is 6.70. The Morgan fingerprint density at radius 3 is 2.23 bits per heavy atom. The first-order chi connectivity index (χ1) is 21.0. The molecule has 10 nitrogen and oxygen atoms in total. The van der Waals surface area contributed by atoms with Crippen molar-refractivity contribution in [3.8, 4) is 5.69 Å². The molecule has 4 aromatic carbocycles. The second-order valence-electron chi connectivity index (χ2n) is 9.91. The number of thioether (sulfide) groups is 1. The van der Waals surface area contributed by atoms with Crippen molar-refractivity contribution in [1.82, 2.24) is 20.2 Å². The highest BCUT2D eigenvalue weighted by molar-refractivity contribution is 7.99. The van der Waals surface area contributed by atoms with Crippen LogP contribution in [0.5, 0.6) is 0 Å². The molecule has 0 bridgehead atoms. The number of benzene rings is 4. The maximum atomic E-state index is 12.8. The predicted molar refractivity (Wildman–Crippen MR) is 162 cm³/mol. The third kappa shape index (κ3) is 6.95. The smallest absolute Gasteiger partial charge is 0.261 e. The fourth-order valence-electron chi connectivity index (χ4n) is 4.71. The third-order valence-electron chi connectivity index (χ3n) is 6.94. The molecule has 43 heavy (non-hydrogen) atoms. The SMILES string of the molecule is O=S(=O)(Nc1ccc([C@H]2O[C@@H](CSc3nnnn3-c3ccccc3)C[C@@H](c3ccc(CO)cc3)O2)cc1)c1ccccc1. The molecule has 0 radical (unpaired) electrons. The molecule has 1 aliphatic heterocycles. The first-order valence-electron chi connectivity index (χ1n) is 13.6. The molecule has 0 saturated carbocycles. The first-order valence-corrected chi connectivity index (χ1v) is 16.1. The van der Waals surface area contributed by atoms with E-state index in [1.54, 1.807) is 59.3 Å². The van der Waals surface area contributed by atoms with Gasteiger partial charge in [-0.2, -0.15) is 4.68 Å². The van der Waals surface area contributed by atoms with Crippen LogP contribution in [-0.4, -0.2) is 45.6 Å². The number of hydrogen-bond donors (Lipinski definition) is 2. The molecule has 6 rings (SSSR count). The van der Waals surface area contributed by atoms with Gasteiger partial charge in [0, 0.05) is 23.4 Å². The topological polar surface area (TPSA) is 128 Å². The number of aliphatic hydroxyl groups excluding tert-OH is 1. The second-order valence-corrected chi connectivity index (χ2v) is 12.6. The average Bonchev–Trinajstić information content (AvgIpc) is 3.53. The van der Waals surface area contributed by atoms with Crippen LogP contribution in [0.25, 0.3) is 5.69 Å². The molecular formula is C31H29N5O5S2. The molecule has 1 aromatic heterocycles. The summed E-state index contributed by atoms with van der Waals surface area (Å²) in [6.07, 6.45) is -0.558. The molecule has 1 aliphatic rings. The van der Waals surface area contributed by atoms with Gasteiger partial charge in [-0.3, -0.25) is 4.72 Å². The number of aromatic nitrogens is 4. The molecule has 220 valence electrons. The molecule has 12 heteroatoms. The summed E-state index contributed by atoms with van der Waals surface area (Å²) in [7, 11) is -3.71. The number of ether oxygens (including phenoxy) is 2. The lowest BCUT2D eigenvalue weighted by Crippen LogP contribution is -2.31. The Morgan fingerprint density at radius 1 is 0.860 bits per heavy atom. The number of nitrogens with zero attached hydrogens (tertiary/aromatic N) is 4. The average molecular weight is 616 g/mol. The van der Waals surface area contributed by atoms with Gasteiger partial charge < -0.3 is 14.6 Å². The lowest BCUT2D eigenvalue weighted by Gasteiger charge is -2.36. The van der Waals surface area contributed by atoms with E-state index in [1.807, 2.05) is 54.6 Å². The van der Waals surface area contributed by atoms with E-state index in [4.69, 9.17) is 9.47 Å². The van der Waals surface area contributed by atoms with Crippen LogP contribution >= 0.6 is 11.8 Å². The van der Waals surface area contributed by atoms with Gasteiger partial charge in [0.15, 0.2) is 6.29 Å². The molecule has 2 heterocycles. The number of rotatable bonds is 10. The van der Waals surface area contributed by atoms with Gasteiger partial charge in [-0.25, -0.2) is 8.42 Å². The van der Waals surface area contributed by atoms with Gasteiger partial charge in [0.05, 0.1) is 29.4 Å². The molecule has 1 saturated heterocycles. The Bertz CT molecular complexity index is 1740. The molecule has 5 aromatic rings. The summed E-state index contributed by atoms with van der Waals surface area (Å²) in [5.74, 6) is 0.577. The Labute approximate surface area is 253 Å². The highest BCUT2D eigenvalue weighted by atomic mass is 32.2. The minimum Gasteiger partial charge on any atom is -0.392 e. The number of nitrogens with one attached hydrogen (secondary N) is 1. The van der Waals surface area contributed by atoms with Crippen molar-refractivity contribution >= 4 is 27.5 Å². The summed E-state index contributed by atoms with van der Waals surface area (Å²) in [6, 6.07) is 32.6. The van der Waals surface area contributed by atoms with Crippen LogP contribution in [0.15, 0.2) is 119 Å². The monoisotopic (exact) mass is 615 g/mol. The summed E-state index contributed by atoms with van der Waals surface area (Å²) < 4.78 is 42.7. The van der Waals surface area contributed by atoms with E-state index < -0.39 is 16.3 Å². The summed E-state index contributed by atoms with van der Waals surface area (Å²) in [5.41, 5.74) is 3.84. The molecule has 0 amide bonds. The summed E-state index contributed by atoms with van der Waals surface area (Å²) in [5, 5.41) is 22.3. The third-order valence-corrected chi connectivity index (χ3v) is 9.39. The van der Waals surface area contributed by atoms with Crippen LogP contribution in [-0.2, 0) is 26.1 Å². The van der Waals surface area contributed by atoms with Gasteiger partial charge in [0.1, 0.15) is 0 Å². The van der Waals surface area contributed by atoms with E-state index in [9.17, 15) is 13.5 Å². The van der Waals surface area contributed by atoms with Crippen molar-refractivity contribution in [2.75, 3.05) is 10.5 Å². The van der Waals surface area contributed by atoms with Crippen LogP contribution in [0, 0.1) is 0 Å². The van der Waals surface area contributed by atoms with E-state index in [1.165, 1.54) is 11.8 Å². The zero-order valence-electron chi connectivity index (χ0n) is 22.9. The lowest BCUT2D eigenvalue weighted by atomic mass is 10.0. The zero-order valence-corrected chi connectivity index (χ0v) is 24.6. The molecule has 1 fully saturated rings. The van der Waals surface area contributed by atoms with Crippen molar-refractivity contribution < 1.29 is 23.0 Å². The maximum absolute atomic E-state index is 12.8. The minimum atomic E-state index is -3.71. The van der Waals surface area contributed by atoms with E-state index in [0.717, 1.165) is 22.4 Å². The predicted octanol–water partition coefficient (Wildman–Crippen LogP) is 5.29. The van der Waals surface area contributed by atoms with Gasteiger partial charge in [0.2, 0.25) is 5.16 Å². The van der Waals surface area contributed by atoms with E-state index >= 15 is 0 Å². The second kappa shape index (κ2) is 13.1. The van der Waals surface area contributed by atoms with Gasteiger partial charge in [-0.05, 0) is 58.0 Å². The van der Waals surface area contributed by atoms with Crippen LogP contribution in [0.2, 0.25) is 0 Å². The van der Waals surface area contributed by atoms with Crippen molar-refractivity contribution in [3.05, 3.63) is 126 Å². The van der Waals surface area contributed by atoms with Crippen LogP contribution in [0.3, 0.4) is 0 Å². The Hall–Kier alpha value is -4.07. The van der Waals surface area contributed by atoms with Crippen LogP contribution in [0.4, 0.5) is 5.69 Å². The Morgan fingerprint density at radius 2 is 1.53 bits per heavy atom. The quantitative estimate of drug-likeness (QED) is 0.201. The summed E-state index contributed by atoms with van der Waals surface area (Å²) >= 11 is 1.50. The van der Waals surface area contributed by atoms with Crippen LogP contribution in [0.1, 0.15) is 35.5 Å². The number of sulfonamides is 1. The summed E-state index contributed by atoms with van der Waals surface area (Å²) in [4.78, 5) is 0.187. The number of tetrazole rings is 1. The van der Waals surface area contributed by atoms with E-state index in [-0.39, 0.29) is 23.7 Å². The van der Waals surface area contributed by atoms with Gasteiger partial charge in [-0.15, -0.1) is 5.10 Å². The molecular weight excluding hydrogens is 587 g/mol. The highest BCUT2D eigenvalue weighted by Crippen LogP contribution is 2.39. The lowest BCUT2D eigenvalue weighted by molar-refractivity contribution is -0.245. The first kappa shape index (κ1) is 29.0. The molecule has 0 aliphatic carbocycles. The van der Waals surface area contributed by atoms with Gasteiger partial charge in [-0.1, -0.05) is 84.6 Å². The normalized spacial score (nSPS) is 18.8. The Kier molecular flexibility index (Phi) is 8.82. The molecule has 0 unspecified atom stereocenters. The molecule has 0 spiro atoms. The van der Waals surface area contributed by atoms with E-state index in [0.29, 0.717) is 23.0 Å². The number of hydrogen-bond acceptors (Lipinski definition) is 9. The fraction of sp³-hybridized carbons (Fsp3) is 0.194. The van der Waals surface area contributed by atoms with Crippen molar-refractivity contribution in [2.24, 2.45) is 0 Å². The number of para-hydroxylation sites is 1. The van der Waals surface area contributed by atoms with Gasteiger partial charge in [0.25, 0.3) is 10.0 Å². The largest absolute Gasteiger partial charge is 0.392 e. The van der Waals surface area contributed by atoms with Crippen molar-refractivity contribution in [1.29, 1.82) is 0 Å². The minimum absolute atomic E-state index is 0.0344. The molecule has 2 N–H and O–H groups in total. The number of aliphatic hydroxyl groups is 1. The zero-order chi connectivity index (χ0) is 29.6. The van der Waals surface area contributed by atoms with Crippen molar-refractivity contribution in [2.45, 2.75) is 41.6 Å². The van der Waals surface area contributed by atoms with Crippen LogP contribution < -0.4 is 4.72 Å². The Balaban J connectivity index is 1.20. The maximum Gasteiger partial charge on any atom is 0.261 e. The standard InChI is InChI=1S/C31H29N5O5S2/c37-20-22-11-13-23(14-12-22)29-19-27(21-42-31-32-34-35-36(31)26-7-3-1-4-8-26)40-30(41-29)24-15-17-25(18-16-24)33-43(38,39)28-9-5-2-6-10-28/h1-18,27,29-30,33,37H,19-21H2/t27-,29+,30+/m1/s1. The number of anilines is 1. The van der Waals surface area contributed by atoms with Crippen molar-refractivity contribution in [3.63, 3.8) is 0 Å². The van der Waals surface area contributed by atoms with E-state index in [2.05, 4.69) is 20.2 Å². The van der Waals surface area contributed by atoms with Gasteiger partial charge >= 0.3 is 0 Å². The molecule has 3 atom stereocenters. The summed E-state index contributed by atoms with van der Waals surface area (Å²) in [6.45, 7) is -0.0344. The highest BCUT2D eigenvalue weighted by Gasteiger charge is 2.32.